The highest BCUT2D eigenvalue weighted by molar-refractivity contribution is 7.89. The zero-order valence-electron chi connectivity index (χ0n) is 20.3. The molecule has 0 atom stereocenters. The molecule has 0 radical (unpaired) electrons. The summed E-state index contributed by atoms with van der Waals surface area (Å²) < 4.78 is 26.2. The third-order valence-electron chi connectivity index (χ3n) is 5.21. The van der Waals surface area contributed by atoms with E-state index in [0.717, 1.165) is 23.0 Å². The van der Waals surface area contributed by atoms with Gasteiger partial charge >= 0.3 is 0 Å². The Hall–Kier alpha value is -4.19. The highest BCUT2D eigenvalue weighted by Crippen LogP contribution is 2.26. The minimum Gasteiger partial charge on any atom is -0.361 e. The summed E-state index contributed by atoms with van der Waals surface area (Å²) in [6, 6.07) is 15.6. The summed E-state index contributed by atoms with van der Waals surface area (Å²) in [6.45, 7) is 6.03. The number of carbonyl (C=O) groups excluding carboxylic acids is 2. The predicted octanol–water partition coefficient (Wildman–Crippen LogP) is 2.79. The third kappa shape index (κ3) is 5.89. The minimum atomic E-state index is -3.67. The molecule has 188 valence electrons. The SMILES string of the molecule is CC(C)(C)c1cc(NCC(=O)Nc2nc3ccccc3[nH]2)n(-c2ccc(C(=O)NS(C)(=O)=O)cc2)n1. The van der Waals surface area contributed by atoms with E-state index in [-0.39, 0.29) is 23.4 Å². The first-order valence-electron chi connectivity index (χ1n) is 11.1. The number of hydrogen-bond acceptors (Lipinski definition) is 7. The molecule has 36 heavy (non-hydrogen) atoms. The van der Waals surface area contributed by atoms with Gasteiger partial charge in [-0.3, -0.25) is 14.9 Å². The fourth-order valence-electron chi connectivity index (χ4n) is 3.41. The molecular weight excluding hydrogens is 482 g/mol. The molecule has 12 heteroatoms. The maximum absolute atomic E-state index is 12.6. The molecule has 0 unspecified atom stereocenters. The second-order valence-electron chi connectivity index (χ2n) is 9.33. The molecular formula is C24H27N7O4S. The molecule has 4 N–H and O–H groups in total. The van der Waals surface area contributed by atoms with Crippen molar-refractivity contribution in [1.82, 2.24) is 24.5 Å². The van der Waals surface area contributed by atoms with Crippen molar-refractivity contribution in [2.45, 2.75) is 26.2 Å². The van der Waals surface area contributed by atoms with Crippen LogP contribution in [0.5, 0.6) is 0 Å². The van der Waals surface area contributed by atoms with Crippen LogP contribution >= 0.6 is 0 Å². The summed E-state index contributed by atoms with van der Waals surface area (Å²) in [4.78, 5) is 32.1. The smallest absolute Gasteiger partial charge is 0.264 e. The molecule has 0 saturated heterocycles. The van der Waals surface area contributed by atoms with Gasteiger partial charge in [-0.25, -0.2) is 22.8 Å². The van der Waals surface area contributed by atoms with Crippen molar-refractivity contribution in [2.24, 2.45) is 0 Å². The number of aromatic amines is 1. The molecule has 0 aliphatic carbocycles. The number of H-pyrrole nitrogens is 1. The molecule has 2 aromatic carbocycles. The normalized spacial score (nSPS) is 11.9. The van der Waals surface area contributed by atoms with Crippen LogP contribution in [0.25, 0.3) is 16.7 Å². The summed E-state index contributed by atoms with van der Waals surface area (Å²) in [6.07, 6.45) is 0.916. The summed E-state index contributed by atoms with van der Waals surface area (Å²) >= 11 is 0. The number of amides is 2. The second-order valence-corrected chi connectivity index (χ2v) is 11.1. The lowest BCUT2D eigenvalue weighted by Crippen LogP contribution is -2.29. The van der Waals surface area contributed by atoms with E-state index in [9.17, 15) is 18.0 Å². The number of nitrogens with zero attached hydrogens (tertiary/aromatic N) is 3. The van der Waals surface area contributed by atoms with Crippen LogP contribution in [0.1, 0.15) is 36.8 Å². The molecule has 4 aromatic rings. The van der Waals surface area contributed by atoms with Crippen molar-refractivity contribution < 1.29 is 18.0 Å². The van der Waals surface area contributed by atoms with Crippen molar-refractivity contribution in [2.75, 3.05) is 23.4 Å². The highest BCUT2D eigenvalue weighted by atomic mass is 32.2. The van der Waals surface area contributed by atoms with Gasteiger partial charge in [0.2, 0.25) is 21.9 Å². The van der Waals surface area contributed by atoms with Crippen molar-refractivity contribution in [1.29, 1.82) is 0 Å². The lowest BCUT2D eigenvalue weighted by molar-refractivity contribution is -0.114. The maximum atomic E-state index is 12.6. The van der Waals surface area contributed by atoms with Crippen LogP contribution in [0, 0.1) is 0 Å². The number of rotatable bonds is 7. The van der Waals surface area contributed by atoms with Crippen molar-refractivity contribution in [3.05, 3.63) is 65.9 Å². The van der Waals surface area contributed by atoms with Crippen LogP contribution in [0.15, 0.2) is 54.6 Å². The molecule has 2 amide bonds. The van der Waals surface area contributed by atoms with E-state index < -0.39 is 15.9 Å². The van der Waals surface area contributed by atoms with Gasteiger partial charge in [0.25, 0.3) is 5.91 Å². The largest absolute Gasteiger partial charge is 0.361 e. The van der Waals surface area contributed by atoms with Gasteiger partial charge < -0.3 is 10.3 Å². The molecule has 0 bridgehead atoms. The molecule has 2 heterocycles. The predicted molar refractivity (Wildman–Crippen MR) is 138 cm³/mol. The topological polar surface area (TPSA) is 151 Å². The van der Waals surface area contributed by atoms with Gasteiger partial charge in [0.1, 0.15) is 5.82 Å². The van der Waals surface area contributed by atoms with Gasteiger partial charge in [0.15, 0.2) is 0 Å². The number of benzene rings is 2. The van der Waals surface area contributed by atoms with Crippen LogP contribution in [0.4, 0.5) is 11.8 Å². The Labute approximate surface area is 208 Å². The van der Waals surface area contributed by atoms with E-state index in [1.54, 1.807) is 16.8 Å². The zero-order valence-corrected chi connectivity index (χ0v) is 21.1. The lowest BCUT2D eigenvalue weighted by Gasteiger charge is -2.14. The van der Waals surface area contributed by atoms with E-state index in [0.29, 0.717) is 17.5 Å². The average Bonchev–Trinajstić information content (AvgIpc) is 3.40. The van der Waals surface area contributed by atoms with Gasteiger partial charge in [0.05, 0.1) is 35.2 Å². The van der Waals surface area contributed by atoms with Gasteiger partial charge in [-0.1, -0.05) is 32.9 Å². The maximum Gasteiger partial charge on any atom is 0.264 e. The molecule has 11 nitrogen and oxygen atoms in total. The number of carbonyl (C=O) groups is 2. The first-order chi connectivity index (χ1) is 16.9. The zero-order chi connectivity index (χ0) is 26.1. The number of imidazole rings is 1. The molecule has 0 saturated carbocycles. The van der Waals surface area contributed by atoms with Crippen LogP contribution in [-0.4, -0.2) is 52.8 Å². The fourth-order valence-corrected chi connectivity index (χ4v) is 3.87. The van der Waals surface area contributed by atoms with Crippen molar-refractivity contribution in [3.63, 3.8) is 0 Å². The van der Waals surface area contributed by atoms with E-state index in [2.05, 4.69) is 25.7 Å². The number of nitrogens with one attached hydrogen (secondary N) is 4. The van der Waals surface area contributed by atoms with Crippen LogP contribution in [0.3, 0.4) is 0 Å². The number of sulfonamides is 1. The number of anilines is 2. The lowest BCUT2D eigenvalue weighted by atomic mass is 9.92. The highest BCUT2D eigenvalue weighted by Gasteiger charge is 2.21. The quantitative estimate of drug-likeness (QED) is 0.299. The van der Waals surface area contributed by atoms with Crippen molar-refractivity contribution >= 4 is 44.6 Å². The number of fused-ring (bicyclic) bond motifs is 1. The standard InChI is InChI=1S/C24H27N7O4S/c1-24(2,3)19-13-20(25-14-21(32)28-23-26-17-7-5-6-8-18(17)27-23)31(29-19)16-11-9-15(10-12-16)22(33)30-36(4,34)35/h5-13,25H,14H2,1-4H3,(H,30,33)(H2,26,27,28,32). The summed E-state index contributed by atoms with van der Waals surface area (Å²) in [7, 11) is -3.67. The average molecular weight is 510 g/mol. The van der Waals surface area contributed by atoms with E-state index in [1.807, 2.05) is 55.8 Å². The number of hydrogen-bond donors (Lipinski definition) is 4. The Bertz CT molecular complexity index is 1500. The molecule has 0 spiro atoms. The number of aromatic nitrogens is 4. The Morgan fingerprint density at radius 1 is 1.06 bits per heavy atom. The molecule has 4 rings (SSSR count). The van der Waals surface area contributed by atoms with E-state index in [4.69, 9.17) is 0 Å². The van der Waals surface area contributed by atoms with E-state index in [1.165, 1.54) is 12.1 Å². The summed E-state index contributed by atoms with van der Waals surface area (Å²) in [5.74, 6) is -0.0877. The first-order valence-corrected chi connectivity index (χ1v) is 13.0. The van der Waals surface area contributed by atoms with Crippen LogP contribution in [-0.2, 0) is 20.2 Å². The van der Waals surface area contributed by atoms with Gasteiger partial charge in [-0.2, -0.15) is 5.10 Å². The van der Waals surface area contributed by atoms with E-state index >= 15 is 0 Å². The second kappa shape index (κ2) is 9.46. The minimum absolute atomic E-state index is 0.0405. The first kappa shape index (κ1) is 24.9. The molecule has 0 aliphatic rings. The Morgan fingerprint density at radius 3 is 2.39 bits per heavy atom. The number of para-hydroxylation sites is 2. The monoisotopic (exact) mass is 509 g/mol. The van der Waals surface area contributed by atoms with Gasteiger partial charge in [-0.05, 0) is 36.4 Å². The molecule has 2 aromatic heterocycles. The summed E-state index contributed by atoms with van der Waals surface area (Å²) in [5, 5.41) is 10.5. The third-order valence-corrected chi connectivity index (χ3v) is 5.76. The van der Waals surface area contributed by atoms with Crippen molar-refractivity contribution in [3.8, 4) is 5.69 Å². The molecule has 0 fully saturated rings. The Morgan fingerprint density at radius 2 is 1.75 bits per heavy atom. The van der Waals surface area contributed by atoms with Gasteiger partial charge in [0, 0.05) is 17.0 Å². The summed E-state index contributed by atoms with van der Waals surface area (Å²) in [5.41, 5.74) is 2.92. The molecule has 0 aliphatic heterocycles. The van der Waals surface area contributed by atoms with Crippen LogP contribution in [0.2, 0.25) is 0 Å². The van der Waals surface area contributed by atoms with Gasteiger partial charge in [-0.15, -0.1) is 0 Å². The fraction of sp³-hybridized carbons (Fsp3) is 0.250. The Kier molecular flexibility index (Phi) is 6.55. The Balaban J connectivity index is 1.52. The van der Waals surface area contributed by atoms with Crippen LogP contribution < -0.4 is 15.4 Å².